The molecule has 2 heterocycles. The molecule has 0 aliphatic carbocycles. The molecule has 6 heteroatoms. The Bertz CT molecular complexity index is 1030. The zero-order valence-corrected chi connectivity index (χ0v) is 18.1. The molecule has 31 heavy (non-hydrogen) atoms. The van der Waals surface area contributed by atoms with Gasteiger partial charge in [0.15, 0.2) is 23.1 Å². The van der Waals surface area contributed by atoms with E-state index < -0.39 is 5.82 Å². The third kappa shape index (κ3) is 5.25. The summed E-state index contributed by atoms with van der Waals surface area (Å²) >= 11 is 0. The Kier molecular flexibility index (Phi) is 6.87. The summed E-state index contributed by atoms with van der Waals surface area (Å²) in [6.45, 7) is 6.32. The van der Waals surface area contributed by atoms with E-state index in [1.807, 2.05) is 12.1 Å². The average Bonchev–Trinajstić information content (AvgIpc) is 2.78. The van der Waals surface area contributed by atoms with Crippen molar-refractivity contribution in [3.8, 4) is 23.0 Å². The Morgan fingerprint density at radius 1 is 1.10 bits per heavy atom. The van der Waals surface area contributed by atoms with Crippen molar-refractivity contribution < 1.29 is 18.6 Å². The van der Waals surface area contributed by atoms with Crippen LogP contribution in [-0.4, -0.2) is 43.2 Å². The Morgan fingerprint density at radius 2 is 1.97 bits per heavy atom. The van der Waals surface area contributed by atoms with E-state index in [-0.39, 0.29) is 5.75 Å². The van der Waals surface area contributed by atoms with Crippen LogP contribution in [0.15, 0.2) is 48.7 Å². The summed E-state index contributed by atoms with van der Waals surface area (Å²) < 4.78 is 31.4. The third-order valence-electron chi connectivity index (χ3n) is 5.66. The molecule has 5 nitrogen and oxygen atoms in total. The van der Waals surface area contributed by atoms with Gasteiger partial charge in [0.1, 0.15) is 5.75 Å². The molecule has 1 aliphatic heterocycles. The lowest BCUT2D eigenvalue weighted by Gasteiger charge is -2.30. The van der Waals surface area contributed by atoms with Crippen molar-refractivity contribution in [2.45, 2.75) is 26.2 Å². The Hall–Kier alpha value is -2.86. The predicted octanol–water partition coefficient (Wildman–Crippen LogP) is 5.68. The van der Waals surface area contributed by atoms with Crippen molar-refractivity contribution >= 4 is 10.9 Å². The minimum Gasteiger partial charge on any atom is -0.493 e. The minimum atomic E-state index is -0.414. The first-order valence-corrected chi connectivity index (χ1v) is 10.9. The van der Waals surface area contributed by atoms with Gasteiger partial charge in [-0.15, -0.1) is 0 Å². The highest BCUT2D eigenvalue weighted by molar-refractivity contribution is 5.88. The number of nitrogens with zero attached hydrogens (tertiary/aromatic N) is 2. The van der Waals surface area contributed by atoms with Gasteiger partial charge in [-0.3, -0.25) is 4.98 Å². The lowest BCUT2D eigenvalue weighted by molar-refractivity contribution is 0.169. The average molecular weight is 425 g/mol. The highest BCUT2D eigenvalue weighted by Crippen LogP contribution is 2.37. The molecule has 1 fully saturated rings. The lowest BCUT2D eigenvalue weighted by Crippen LogP contribution is -2.35. The molecule has 4 rings (SSSR count). The van der Waals surface area contributed by atoms with Gasteiger partial charge in [-0.25, -0.2) is 4.39 Å². The lowest BCUT2D eigenvalue weighted by atomic mass is 10.0. The Labute approximate surface area is 182 Å². The summed E-state index contributed by atoms with van der Waals surface area (Å²) in [5, 5.41) is 0.734. The van der Waals surface area contributed by atoms with Gasteiger partial charge >= 0.3 is 0 Å². The molecule has 164 valence electrons. The number of hydrogen-bond donors (Lipinski definition) is 0. The summed E-state index contributed by atoms with van der Waals surface area (Å²) in [5.41, 5.74) is 0.703. The number of halogens is 1. The van der Waals surface area contributed by atoms with Crippen LogP contribution in [0.2, 0.25) is 0 Å². The topological polar surface area (TPSA) is 43.8 Å². The molecular weight excluding hydrogens is 395 g/mol. The zero-order valence-electron chi connectivity index (χ0n) is 18.1. The van der Waals surface area contributed by atoms with Gasteiger partial charge in [0.25, 0.3) is 0 Å². The first kappa shape index (κ1) is 21.4. The number of fused-ring (bicyclic) bond motifs is 1. The van der Waals surface area contributed by atoms with Crippen molar-refractivity contribution in [1.29, 1.82) is 0 Å². The number of likely N-dealkylation sites (tertiary alicyclic amines) is 1. The molecule has 1 aliphatic rings. The number of hydrogen-bond acceptors (Lipinski definition) is 5. The van der Waals surface area contributed by atoms with Crippen LogP contribution in [0.25, 0.3) is 10.9 Å². The highest BCUT2D eigenvalue weighted by atomic mass is 19.1. The molecular formula is C25H29FN2O3. The second-order valence-electron chi connectivity index (χ2n) is 8.11. The van der Waals surface area contributed by atoms with Crippen molar-refractivity contribution in [3.63, 3.8) is 0 Å². The molecule has 1 unspecified atom stereocenters. The van der Waals surface area contributed by atoms with Crippen molar-refractivity contribution in [2.24, 2.45) is 5.92 Å². The third-order valence-corrected chi connectivity index (χ3v) is 5.66. The quantitative estimate of drug-likeness (QED) is 0.436. The molecule has 0 N–H and O–H groups in total. The minimum absolute atomic E-state index is 0.168. The van der Waals surface area contributed by atoms with Crippen molar-refractivity contribution in [3.05, 3.63) is 54.5 Å². The second kappa shape index (κ2) is 9.96. The summed E-state index contributed by atoms with van der Waals surface area (Å²) in [6.07, 6.45) is 5.21. The Morgan fingerprint density at radius 3 is 2.77 bits per heavy atom. The van der Waals surface area contributed by atoms with Gasteiger partial charge in [0.05, 0.1) is 19.2 Å². The molecule has 1 atom stereocenters. The number of pyridine rings is 1. The first-order chi connectivity index (χ1) is 15.1. The van der Waals surface area contributed by atoms with Crippen LogP contribution in [0.5, 0.6) is 23.0 Å². The van der Waals surface area contributed by atoms with Gasteiger partial charge in [0.2, 0.25) is 0 Å². The summed E-state index contributed by atoms with van der Waals surface area (Å²) in [6, 6.07) is 11.7. The molecule has 0 spiro atoms. The van der Waals surface area contributed by atoms with E-state index >= 15 is 0 Å². The van der Waals surface area contributed by atoms with E-state index in [0.29, 0.717) is 29.4 Å². The van der Waals surface area contributed by atoms with Gasteiger partial charge in [0, 0.05) is 30.7 Å². The maximum atomic E-state index is 14.0. The fraction of sp³-hybridized carbons (Fsp3) is 0.400. The number of aromatic nitrogens is 1. The summed E-state index contributed by atoms with van der Waals surface area (Å²) in [4.78, 5) is 6.95. The summed E-state index contributed by atoms with van der Waals surface area (Å²) in [5.74, 6) is 2.30. The van der Waals surface area contributed by atoms with Gasteiger partial charge in [-0.05, 0) is 56.0 Å². The molecule has 0 saturated carbocycles. The van der Waals surface area contributed by atoms with Crippen LogP contribution in [0.3, 0.4) is 0 Å². The van der Waals surface area contributed by atoms with E-state index in [0.717, 1.165) is 24.3 Å². The molecule has 0 amide bonds. The predicted molar refractivity (Wildman–Crippen MR) is 120 cm³/mol. The smallest absolute Gasteiger partial charge is 0.165 e. The first-order valence-electron chi connectivity index (χ1n) is 10.9. The van der Waals surface area contributed by atoms with Crippen molar-refractivity contribution in [2.75, 3.05) is 33.4 Å². The molecule has 2 aromatic carbocycles. The van der Waals surface area contributed by atoms with E-state index in [9.17, 15) is 4.39 Å². The van der Waals surface area contributed by atoms with E-state index in [2.05, 4.69) is 16.8 Å². The second-order valence-corrected chi connectivity index (χ2v) is 8.11. The van der Waals surface area contributed by atoms with Crippen molar-refractivity contribution in [1.82, 2.24) is 9.88 Å². The molecule has 0 bridgehead atoms. The maximum Gasteiger partial charge on any atom is 0.165 e. The normalized spacial score (nSPS) is 16.9. The van der Waals surface area contributed by atoms with E-state index in [1.165, 1.54) is 32.0 Å². The summed E-state index contributed by atoms with van der Waals surface area (Å²) in [7, 11) is 1.61. The number of piperidine rings is 1. The highest BCUT2D eigenvalue weighted by Gasteiger charge is 2.16. The van der Waals surface area contributed by atoms with Crippen LogP contribution in [0.1, 0.15) is 26.2 Å². The SMILES string of the molecule is COc1cc2c(Oc3ccccc3F)ccnc2cc1OCCCN1CCCC(C)C1. The van der Waals surface area contributed by atoms with Gasteiger partial charge in [-0.1, -0.05) is 19.1 Å². The standard InChI is InChI=1S/C25H29FN2O3/c1-18-7-5-12-28(17-18)13-6-14-30-25-16-21-19(15-24(25)29-2)22(10-11-27-21)31-23-9-4-3-8-20(23)26/h3-4,8-11,15-16,18H,5-7,12-14,17H2,1-2H3. The molecule has 1 saturated heterocycles. The number of rotatable bonds is 8. The largest absolute Gasteiger partial charge is 0.493 e. The van der Waals surface area contributed by atoms with Crippen LogP contribution >= 0.6 is 0 Å². The number of benzene rings is 2. The van der Waals surface area contributed by atoms with E-state index in [1.54, 1.807) is 37.6 Å². The molecule has 1 aromatic heterocycles. The monoisotopic (exact) mass is 424 g/mol. The van der Waals surface area contributed by atoms with Crippen LogP contribution in [0.4, 0.5) is 4.39 Å². The molecule has 3 aromatic rings. The maximum absolute atomic E-state index is 14.0. The van der Waals surface area contributed by atoms with Crippen LogP contribution < -0.4 is 14.2 Å². The van der Waals surface area contributed by atoms with Gasteiger partial charge in [-0.2, -0.15) is 0 Å². The van der Waals surface area contributed by atoms with Gasteiger partial charge < -0.3 is 19.1 Å². The number of ether oxygens (including phenoxy) is 3. The van der Waals surface area contributed by atoms with E-state index in [4.69, 9.17) is 14.2 Å². The Balaban J connectivity index is 1.46. The van der Waals surface area contributed by atoms with Crippen LogP contribution in [0, 0.1) is 11.7 Å². The zero-order chi connectivity index (χ0) is 21.6. The fourth-order valence-corrected chi connectivity index (χ4v) is 4.10. The fourth-order valence-electron chi connectivity index (χ4n) is 4.10. The number of methoxy groups -OCH3 is 1. The van der Waals surface area contributed by atoms with Crippen LogP contribution in [-0.2, 0) is 0 Å². The number of para-hydroxylation sites is 1. The molecule has 0 radical (unpaired) electrons.